The maximum absolute atomic E-state index is 11.7. The predicted octanol–water partition coefficient (Wildman–Crippen LogP) is 0.882. The summed E-state index contributed by atoms with van der Waals surface area (Å²) in [5.74, 6) is 0.141. The summed E-state index contributed by atoms with van der Waals surface area (Å²) in [7, 11) is -3.23. The number of pyridine rings is 1. The Morgan fingerprint density at radius 2 is 2.05 bits per heavy atom. The second-order valence-electron chi connectivity index (χ2n) is 4.35. The molecule has 0 saturated heterocycles. The Morgan fingerprint density at radius 1 is 1.30 bits per heavy atom. The first-order valence-corrected chi connectivity index (χ1v) is 8.05. The van der Waals surface area contributed by atoms with Crippen LogP contribution in [0.1, 0.15) is 25.5 Å². The van der Waals surface area contributed by atoms with Crippen LogP contribution in [0.4, 0.5) is 0 Å². The van der Waals surface area contributed by atoms with E-state index in [0.29, 0.717) is 12.1 Å². The highest BCUT2D eigenvalue weighted by molar-refractivity contribution is 7.89. The van der Waals surface area contributed by atoms with E-state index >= 15 is 0 Å². The Bertz CT molecular complexity index is 639. The minimum Gasteiger partial charge on any atom is -0.265 e. The number of nitrogens with one attached hydrogen (secondary N) is 1. The summed E-state index contributed by atoms with van der Waals surface area (Å²) in [6.45, 7) is 2.10. The molecule has 0 saturated carbocycles. The Kier molecular flexibility index (Phi) is 4.80. The second kappa shape index (κ2) is 6.58. The van der Waals surface area contributed by atoms with Crippen LogP contribution in [0.15, 0.2) is 30.7 Å². The predicted molar refractivity (Wildman–Crippen MR) is 74.7 cm³/mol. The molecule has 0 aliphatic rings. The summed E-state index contributed by atoms with van der Waals surface area (Å²) in [6.07, 6.45) is 6.50. The Hall–Kier alpha value is -1.80. The molecule has 8 heteroatoms. The summed E-state index contributed by atoms with van der Waals surface area (Å²) < 4.78 is 27.4. The average molecular weight is 295 g/mol. The molecule has 0 amide bonds. The number of rotatable bonds is 7. The lowest BCUT2D eigenvalue weighted by Crippen LogP contribution is -2.26. The van der Waals surface area contributed by atoms with Crippen LogP contribution in [-0.2, 0) is 16.6 Å². The van der Waals surface area contributed by atoms with Crippen LogP contribution in [-0.4, -0.2) is 34.1 Å². The smallest absolute Gasteiger partial charge is 0.211 e. The van der Waals surface area contributed by atoms with Crippen molar-refractivity contribution in [1.29, 1.82) is 0 Å². The van der Waals surface area contributed by atoms with Gasteiger partial charge in [0.1, 0.15) is 0 Å². The molecule has 0 unspecified atom stereocenters. The first-order valence-electron chi connectivity index (χ1n) is 6.39. The summed E-state index contributed by atoms with van der Waals surface area (Å²) in [5.41, 5.74) is 1.40. The van der Waals surface area contributed by atoms with Gasteiger partial charge in [0.15, 0.2) is 0 Å². The van der Waals surface area contributed by atoms with E-state index < -0.39 is 10.0 Å². The largest absolute Gasteiger partial charge is 0.265 e. The van der Waals surface area contributed by atoms with Crippen molar-refractivity contribution in [3.63, 3.8) is 0 Å². The number of nitrogens with zero attached hydrogens (tertiary/aromatic N) is 4. The molecule has 0 fully saturated rings. The third-order valence-electron chi connectivity index (χ3n) is 2.71. The maximum atomic E-state index is 11.7. The number of unbranched alkanes of at least 4 members (excludes halogenated alkanes) is 1. The monoisotopic (exact) mass is 295 g/mol. The van der Waals surface area contributed by atoms with Crippen molar-refractivity contribution in [2.24, 2.45) is 0 Å². The van der Waals surface area contributed by atoms with Crippen molar-refractivity contribution in [2.75, 3.05) is 5.75 Å². The molecule has 108 valence electrons. The highest BCUT2D eigenvalue weighted by Crippen LogP contribution is 2.04. The van der Waals surface area contributed by atoms with E-state index in [1.165, 1.54) is 0 Å². The van der Waals surface area contributed by atoms with Crippen molar-refractivity contribution in [1.82, 2.24) is 24.7 Å². The van der Waals surface area contributed by atoms with E-state index in [0.717, 1.165) is 12.1 Å². The van der Waals surface area contributed by atoms with Crippen molar-refractivity contribution >= 4 is 10.0 Å². The van der Waals surface area contributed by atoms with E-state index in [1.807, 2.05) is 6.92 Å². The third kappa shape index (κ3) is 4.10. The van der Waals surface area contributed by atoms with Gasteiger partial charge in [-0.15, -0.1) is 5.10 Å². The fourth-order valence-corrected chi connectivity index (χ4v) is 2.77. The Labute approximate surface area is 118 Å². The van der Waals surface area contributed by atoms with Gasteiger partial charge in [-0.05, 0) is 18.6 Å². The molecule has 0 aromatic carbocycles. The molecule has 0 spiro atoms. The molecule has 2 aromatic rings. The number of sulfonamides is 1. The fraction of sp³-hybridized carbons (Fsp3) is 0.417. The van der Waals surface area contributed by atoms with Gasteiger partial charge in [0.05, 0.1) is 29.9 Å². The van der Waals surface area contributed by atoms with E-state index in [1.54, 1.807) is 35.4 Å². The van der Waals surface area contributed by atoms with E-state index in [-0.39, 0.29) is 12.3 Å². The normalized spacial score (nSPS) is 11.7. The van der Waals surface area contributed by atoms with Gasteiger partial charge in [-0.25, -0.2) is 17.8 Å². The summed E-state index contributed by atoms with van der Waals surface area (Å²) in [6, 6.07) is 3.59. The van der Waals surface area contributed by atoms with E-state index in [2.05, 4.69) is 20.0 Å². The molecule has 1 N–H and O–H groups in total. The summed E-state index contributed by atoms with van der Waals surface area (Å²) in [5, 5.41) is 7.89. The zero-order valence-electron chi connectivity index (χ0n) is 11.2. The van der Waals surface area contributed by atoms with Crippen LogP contribution in [0, 0.1) is 0 Å². The van der Waals surface area contributed by atoms with Crippen LogP contribution < -0.4 is 4.72 Å². The molecule has 0 aliphatic carbocycles. The Morgan fingerprint density at radius 3 is 2.75 bits per heavy atom. The molecule has 0 aliphatic heterocycles. The third-order valence-corrected chi connectivity index (χ3v) is 4.12. The van der Waals surface area contributed by atoms with E-state index in [9.17, 15) is 8.42 Å². The van der Waals surface area contributed by atoms with Gasteiger partial charge in [0, 0.05) is 12.4 Å². The molecule has 20 heavy (non-hydrogen) atoms. The van der Waals surface area contributed by atoms with Crippen molar-refractivity contribution in [2.45, 2.75) is 26.3 Å². The van der Waals surface area contributed by atoms with Crippen LogP contribution in [0.5, 0.6) is 0 Å². The lowest BCUT2D eigenvalue weighted by atomic mass is 10.4. The standard InChI is InChI=1S/C12H17N5O2S/c1-2-3-8-20(18,19)14-9-11-10-17(16-15-11)12-4-6-13-7-5-12/h4-7,10,14H,2-3,8-9H2,1H3. The quantitative estimate of drug-likeness (QED) is 0.819. The lowest BCUT2D eigenvalue weighted by molar-refractivity contribution is 0.577. The maximum Gasteiger partial charge on any atom is 0.211 e. The van der Waals surface area contributed by atoms with Crippen LogP contribution >= 0.6 is 0 Å². The Balaban J connectivity index is 1.97. The SMILES string of the molecule is CCCCS(=O)(=O)NCc1cn(-c2ccncc2)nn1. The lowest BCUT2D eigenvalue weighted by Gasteiger charge is -2.03. The fourth-order valence-electron chi connectivity index (χ4n) is 1.59. The van der Waals surface area contributed by atoms with Crippen molar-refractivity contribution in [3.05, 3.63) is 36.4 Å². The van der Waals surface area contributed by atoms with Gasteiger partial charge in [-0.1, -0.05) is 18.6 Å². The zero-order chi connectivity index (χ0) is 14.4. The molecule has 0 atom stereocenters. The number of hydrogen-bond acceptors (Lipinski definition) is 5. The van der Waals surface area contributed by atoms with Crippen molar-refractivity contribution < 1.29 is 8.42 Å². The van der Waals surface area contributed by atoms with Crippen LogP contribution in [0.25, 0.3) is 5.69 Å². The van der Waals surface area contributed by atoms with Gasteiger partial charge in [-0.3, -0.25) is 4.98 Å². The number of hydrogen-bond donors (Lipinski definition) is 1. The highest BCUT2D eigenvalue weighted by atomic mass is 32.2. The molecule has 0 radical (unpaired) electrons. The second-order valence-corrected chi connectivity index (χ2v) is 6.28. The molecular formula is C12H17N5O2S. The first-order chi connectivity index (χ1) is 9.61. The summed E-state index contributed by atoms with van der Waals surface area (Å²) in [4.78, 5) is 3.92. The van der Waals surface area contributed by atoms with Crippen LogP contribution in [0.3, 0.4) is 0 Å². The highest BCUT2D eigenvalue weighted by Gasteiger charge is 2.10. The zero-order valence-corrected chi connectivity index (χ0v) is 12.0. The number of aromatic nitrogens is 4. The molecule has 7 nitrogen and oxygen atoms in total. The molecule has 0 bridgehead atoms. The summed E-state index contributed by atoms with van der Waals surface area (Å²) >= 11 is 0. The van der Waals surface area contributed by atoms with Gasteiger partial charge in [0.2, 0.25) is 10.0 Å². The minimum atomic E-state index is -3.23. The average Bonchev–Trinajstić information content (AvgIpc) is 2.93. The minimum absolute atomic E-state index is 0.141. The van der Waals surface area contributed by atoms with Crippen molar-refractivity contribution in [3.8, 4) is 5.69 Å². The first kappa shape index (κ1) is 14.6. The van der Waals surface area contributed by atoms with Gasteiger partial charge in [-0.2, -0.15) is 0 Å². The van der Waals surface area contributed by atoms with E-state index in [4.69, 9.17) is 0 Å². The van der Waals surface area contributed by atoms with Gasteiger partial charge < -0.3 is 0 Å². The van der Waals surface area contributed by atoms with Crippen LogP contribution in [0.2, 0.25) is 0 Å². The topological polar surface area (TPSA) is 89.8 Å². The molecule has 2 heterocycles. The molecule has 2 rings (SSSR count). The molecule has 2 aromatic heterocycles. The molecular weight excluding hydrogens is 278 g/mol. The van der Waals surface area contributed by atoms with Gasteiger partial charge >= 0.3 is 0 Å². The van der Waals surface area contributed by atoms with Gasteiger partial charge in [0.25, 0.3) is 0 Å².